The van der Waals surface area contributed by atoms with Crippen LogP contribution < -0.4 is 9.80 Å². The minimum atomic E-state index is -0.927. The number of amides is 2. The second-order valence-corrected chi connectivity index (χ2v) is 14.4. The predicted molar refractivity (Wildman–Crippen MR) is 180 cm³/mol. The number of carbonyl (C=O) groups is 3. The summed E-state index contributed by atoms with van der Waals surface area (Å²) in [5.74, 6) is -0.212. The molecule has 9 heteroatoms. The van der Waals surface area contributed by atoms with E-state index in [2.05, 4.69) is 0 Å². The lowest BCUT2D eigenvalue weighted by Gasteiger charge is -2.59. The highest BCUT2D eigenvalue weighted by molar-refractivity contribution is 6.20. The average molecular weight is 658 g/mol. The molecule has 3 aliphatic carbocycles. The first kappa shape index (κ1) is 29.6. The normalized spacial score (nSPS) is 26.2. The van der Waals surface area contributed by atoms with Crippen LogP contribution >= 0.6 is 23.2 Å². The van der Waals surface area contributed by atoms with Crippen LogP contribution in [-0.2, 0) is 20.8 Å². The summed E-state index contributed by atoms with van der Waals surface area (Å²) in [5, 5.41) is 24.0. The second-order valence-electron chi connectivity index (χ2n) is 13.8. The Morgan fingerprint density at radius 1 is 0.739 bits per heavy atom. The number of aliphatic carboxylic acids is 1. The van der Waals surface area contributed by atoms with Gasteiger partial charge in [-0.25, -0.2) is 0 Å². The molecule has 7 nitrogen and oxygen atoms in total. The van der Waals surface area contributed by atoms with E-state index >= 15 is 0 Å². The Balaban J connectivity index is 1.13. The zero-order valence-electron chi connectivity index (χ0n) is 25.3. The van der Waals surface area contributed by atoms with Crippen LogP contribution in [0.15, 0.2) is 60.7 Å². The molecule has 2 heterocycles. The molecule has 2 atom stereocenters. The highest BCUT2D eigenvalue weighted by atomic mass is 35.5. The maximum absolute atomic E-state index is 14.6. The van der Waals surface area contributed by atoms with Crippen LogP contribution in [0.1, 0.15) is 60.6 Å². The third kappa shape index (κ3) is 4.13. The lowest BCUT2D eigenvalue weighted by Crippen LogP contribution is -2.63. The molecule has 3 fully saturated rings. The standard InChI is InChI=1S/C37H34Cl2N2O5/c38-15-22-17-40(28-12-21(13-31(43)44)24-6-1-3-8-26(24)32(22)28)34(45)36-10-5-11-37(19-36,20-36)35(46)41-18-23(16-39)33-27-9-4-2-7-25(27)30(42)14-29(33)41/h1-4,6-9,12,14,22-23,42H,5,10-11,13,15-20H2,(H,43,44)/t22-,23-,36?,37?/m1/s1. The molecule has 46 heavy (non-hydrogen) atoms. The number of alkyl halides is 2. The maximum atomic E-state index is 14.6. The van der Waals surface area contributed by atoms with Gasteiger partial charge in [0.25, 0.3) is 0 Å². The van der Waals surface area contributed by atoms with Gasteiger partial charge in [-0.2, -0.15) is 0 Å². The first-order chi connectivity index (χ1) is 22.2. The van der Waals surface area contributed by atoms with Gasteiger partial charge >= 0.3 is 5.97 Å². The Bertz CT molecular complexity index is 1970. The van der Waals surface area contributed by atoms with Gasteiger partial charge in [-0.3, -0.25) is 14.4 Å². The van der Waals surface area contributed by atoms with Crippen molar-refractivity contribution in [1.29, 1.82) is 0 Å². The highest BCUT2D eigenvalue weighted by Crippen LogP contribution is 2.66. The first-order valence-electron chi connectivity index (χ1n) is 16.0. The van der Waals surface area contributed by atoms with E-state index in [0.717, 1.165) is 44.8 Å². The van der Waals surface area contributed by atoms with Gasteiger partial charge in [0, 0.05) is 53.8 Å². The summed E-state index contributed by atoms with van der Waals surface area (Å²) >= 11 is 13.0. The Morgan fingerprint density at radius 3 is 1.74 bits per heavy atom. The number of carboxylic acid groups (broad SMARTS) is 1. The van der Waals surface area contributed by atoms with Crippen molar-refractivity contribution in [2.24, 2.45) is 10.8 Å². The zero-order chi connectivity index (χ0) is 32.0. The van der Waals surface area contributed by atoms with Crippen LogP contribution in [0.25, 0.3) is 21.5 Å². The van der Waals surface area contributed by atoms with Crippen LogP contribution in [0.4, 0.5) is 11.4 Å². The maximum Gasteiger partial charge on any atom is 0.307 e. The third-order valence-electron chi connectivity index (χ3n) is 11.2. The van der Waals surface area contributed by atoms with E-state index in [1.54, 1.807) is 6.07 Å². The molecule has 0 spiro atoms. The molecule has 0 aromatic heterocycles. The number of fused-ring (bicyclic) bond motifs is 8. The van der Waals surface area contributed by atoms with Crippen LogP contribution in [0.5, 0.6) is 5.75 Å². The monoisotopic (exact) mass is 656 g/mol. The molecule has 2 aliphatic heterocycles. The number of hydrogen-bond donors (Lipinski definition) is 2. The number of halogens is 2. The SMILES string of the molecule is O=C(O)Cc1cc2c(c3ccccc13)[C@H](CCl)CN2C(=O)C12CCCC(C(=O)N3C[C@@H](CCl)c4c3cc(O)c3ccccc43)(C1)C2. The summed E-state index contributed by atoms with van der Waals surface area (Å²) in [6.45, 7) is 0.883. The average Bonchev–Trinajstić information content (AvgIpc) is 3.62. The van der Waals surface area contributed by atoms with Crippen molar-refractivity contribution in [3.63, 3.8) is 0 Å². The van der Waals surface area contributed by atoms with Gasteiger partial charge in [0.1, 0.15) is 5.75 Å². The third-order valence-corrected chi connectivity index (χ3v) is 11.9. The highest BCUT2D eigenvalue weighted by Gasteiger charge is 2.66. The van der Waals surface area contributed by atoms with Gasteiger partial charge in [0.2, 0.25) is 11.8 Å². The van der Waals surface area contributed by atoms with Crippen molar-refractivity contribution >= 4 is 73.9 Å². The van der Waals surface area contributed by atoms with Gasteiger partial charge in [-0.1, -0.05) is 55.0 Å². The molecule has 5 aliphatic rings. The topological polar surface area (TPSA) is 98.2 Å². The molecule has 9 rings (SSSR count). The van der Waals surface area contributed by atoms with Crippen LogP contribution in [0, 0.1) is 10.8 Å². The Hall–Kier alpha value is -3.81. The quantitative estimate of drug-likeness (QED) is 0.212. The zero-order valence-corrected chi connectivity index (χ0v) is 26.8. The van der Waals surface area contributed by atoms with E-state index in [0.29, 0.717) is 61.8 Å². The fourth-order valence-electron chi connectivity index (χ4n) is 9.34. The number of benzene rings is 4. The molecule has 236 valence electrons. The van der Waals surface area contributed by atoms with Crippen LogP contribution in [0.3, 0.4) is 0 Å². The number of hydrogen-bond acceptors (Lipinski definition) is 4. The summed E-state index contributed by atoms with van der Waals surface area (Å²) in [6, 6.07) is 19.0. The van der Waals surface area contributed by atoms with Crippen molar-refractivity contribution in [3.05, 3.63) is 77.4 Å². The van der Waals surface area contributed by atoms with E-state index in [1.807, 2.05) is 64.4 Å². The minimum Gasteiger partial charge on any atom is -0.507 e. The molecule has 4 aromatic rings. The van der Waals surface area contributed by atoms with Crippen LogP contribution in [0.2, 0.25) is 0 Å². The number of rotatable bonds is 6. The lowest BCUT2D eigenvalue weighted by atomic mass is 9.44. The summed E-state index contributed by atoms with van der Waals surface area (Å²) in [6.07, 6.45) is 2.99. The smallest absolute Gasteiger partial charge is 0.307 e. The van der Waals surface area contributed by atoms with Crippen molar-refractivity contribution in [1.82, 2.24) is 0 Å². The van der Waals surface area contributed by atoms with Gasteiger partial charge in [0.05, 0.1) is 22.9 Å². The number of phenolic OH excluding ortho intramolecular Hbond substituents is 1. The van der Waals surface area contributed by atoms with E-state index in [-0.39, 0.29) is 35.8 Å². The summed E-state index contributed by atoms with van der Waals surface area (Å²) < 4.78 is 0. The van der Waals surface area contributed by atoms with E-state index in [4.69, 9.17) is 23.2 Å². The summed E-state index contributed by atoms with van der Waals surface area (Å²) in [5.41, 5.74) is 2.81. The number of carboxylic acids is 1. The Kier molecular flexibility index (Phi) is 6.82. The van der Waals surface area contributed by atoms with Crippen molar-refractivity contribution in [2.75, 3.05) is 34.6 Å². The summed E-state index contributed by atoms with van der Waals surface area (Å²) in [4.78, 5) is 44.6. The fourth-order valence-corrected chi connectivity index (χ4v) is 9.85. The van der Waals surface area contributed by atoms with Gasteiger partial charge in [0.15, 0.2) is 0 Å². The molecular weight excluding hydrogens is 623 g/mol. The number of aromatic hydroxyl groups is 1. The predicted octanol–water partition coefficient (Wildman–Crippen LogP) is 7.31. The molecule has 3 saturated carbocycles. The summed E-state index contributed by atoms with van der Waals surface area (Å²) in [7, 11) is 0. The molecule has 2 N–H and O–H groups in total. The molecule has 2 bridgehead atoms. The van der Waals surface area contributed by atoms with Gasteiger partial charge in [-0.05, 0) is 64.6 Å². The Morgan fingerprint density at radius 2 is 1.22 bits per heavy atom. The molecule has 2 amide bonds. The van der Waals surface area contributed by atoms with E-state index < -0.39 is 16.8 Å². The molecule has 0 unspecified atom stereocenters. The van der Waals surface area contributed by atoms with E-state index in [9.17, 15) is 24.6 Å². The van der Waals surface area contributed by atoms with Gasteiger partial charge < -0.3 is 20.0 Å². The molecular formula is C37H34Cl2N2O5. The van der Waals surface area contributed by atoms with Crippen LogP contribution in [-0.4, -0.2) is 52.8 Å². The molecule has 0 radical (unpaired) electrons. The number of anilines is 2. The Labute approximate surface area is 276 Å². The minimum absolute atomic E-state index is 0.00476. The number of phenols is 1. The van der Waals surface area contributed by atoms with Crippen molar-refractivity contribution in [3.8, 4) is 5.75 Å². The van der Waals surface area contributed by atoms with Crippen molar-refractivity contribution in [2.45, 2.75) is 50.4 Å². The fraction of sp³-hybridized carbons (Fsp3) is 0.378. The molecule has 0 saturated heterocycles. The lowest BCUT2D eigenvalue weighted by molar-refractivity contribution is -0.165. The first-order valence-corrected chi connectivity index (χ1v) is 17.0. The van der Waals surface area contributed by atoms with E-state index in [1.165, 1.54) is 0 Å². The second kappa shape index (κ2) is 10.6. The van der Waals surface area contributed by atoms with Gasteiger partial charge in [-0.15, -0.1) is 23.2 Å². The van der Waals surface area contributed by atoms with Crippen molar-refractivity contribution < 1.29 is 24.6 Å². The number of carbonyl (C=O) groups excluding carboxylic acids is 2. The molecule has 4 aromatic carbocycles. The number of nitrogens with zero attached hydrogens (tertiary/aromatic N) is 2. The largest absolute Gasteiger partial charge is 0.507 e.